The zero-order valence-corrected chi connectivity index (χ0v) is 11.1. The molecule has 0 amide bonds. The lowest BCUT2D eigenvalue weighted by Crippen LogP contribution is -2.47. The second-order valence-corrected chi connectivity index (χ2v) is 5.44. The van der Waals surface area contributed by atoms with Gasteiger partial charge in [0.25, 0.3) is 0 Å². The van der Waals surface area contributed by atoms with Gasteiger partial charge < -0.3 is 10.2 Å². The van der Waals surface area contributed by atoms with Crippen LogP contribution in [0, 0.1) is 5.92 Å². The fourth-order valence-corrected chi connectivity index (χ4v) is 3.54. The first-order valence-corrected chi connectivity index (χ1v) is 7.16. The molecule has 0 bridgehead atoms. The minimum Gasteiger partial charge on any atom is -0.357 e. The van der Waals surface area contributed by atoms with E-state index in [1.165, 1.54) is 38.5 Å². The quantitative estimate of drug-likeness (QED) is 0.871. The van der Waals surface area contributed by atoms with Crippen LogP contribution in [-0.2, 0) is 0 Å². The second kappa shape index (κ2) is 5.12. The van der Waals surface area contributed by atoms with Crippen molar-refractivity contribution in [1.82, 2.24) is 9.97 Å². The number of hydrogen-bond donors (Lipinski definition) is 1. The Morgan fingerprint density at radius 3 is 2.94 bits per heavy atom. The van der Waals surface area contributed by atoms with E-state index in [4.69, 9.17) is 0 Å². The maximum Gasteiger partial charge on any atom is 0.224 e. The van der Waals surface area contributed by atoms with E-state index in [0.29, 0.717) is 6.04 Å². The van der Waals surface area contributed by atoms with Crippen LogP contribution in [0.1, 0.15) is 38.5 Å². The molecule has 4 heteroatoms. The molecule has 4 nitrogen and oxygen atoms in total. The van der Waals surface area contributed by atoms with Crippen molar-refractivity contribution in [2.75, 3.05) is 23.8 Å². The van der Waals surface area contributed by atoms with Crippen molar-refractivity contribution in [3.63, 3.8) is 0 Å². The van der Waals surface area contributed by atoms with Gasteiger partial charge in [0.05, 0.1) is 0 Å². The van der Waals surface area contributed by atoms with Crippen LogP contribution < -0.4 is 10.2 Å². The molecule has 1 saturated carbocycles. The largest absolute Gasteiger partial charge is 0.357 e. The first-order valence-electron chi connectivity index (χ1n) is 7.16. The van der Waals surface area contributed by atoms with Gasteiger partial charge in [0.1, 0.15) is 5.82 Å². The van der Waals surface area contributed by atoms with E-state index in [1.54, 1.807) is 0 Å². The van der Waals surface area contributed by atoms with Gasteiger partial charge in [0.2, 0.25) is 5.95 Å². The fourth-order valence-electron chi connectivity index (χ4n) is 3.54. The molecule has 1 aliphatic heterocycles. The zero-order chi connectivity index (χ0) is 12.4. The van der Waals surface area contributed by atoms with Crippen molar-refractivity contribution >= 4 is 11.8 Å². The second-order valence-electron chi connectivity index (χ2n) is 5.44. The van der Waals surface area contributed by atoms with E-state index in [-0.39, 0.29) is 0 Å². The molecule has 2 aliphatic rings. The molecule has 2 fully saturated rings. The topological polar surface area (TPSA) is 41.1 Å². The van der Waals surface area contributed by atoms with Crippen LogP contribution >= 0.6 is 0 Å². The molecule has 1 N–H and O–H groups in total. The van der Waals surface area contributed by atoms with Crippen molar-refractivity contribution < 1.29 is 0 Å². The number of hydrogen-bond acceptors (Lipinski definition) is 4. The number of fused-ring (bicyclic) bond motifs is 1. The number of anilines is 2. The number of nitrogens with zero attached hydrogens (tertiary/aromatic N) is 3. The molecule has 0 aromatic carbocycles. The van der Waals surface area contributed by atoms with E-state index in [9.17, 15) is 0 Å². The monoisotopic (exact) mass is 246 g/mol. The van der Waals surface area contributed by atoms with Crippen LogP contribution in [0.4, 0.5) is 11.8 Å². The lowest BCUT2D eigenvalue weighted by atomic mass is 9.78. The number of nitrogens with one attached hydrogen (secondary N) is 1. The fraction of sp³-hybridized carbons (Fsp3) is 0.714. The SMILES string of the molecule is CNc1nccc(N2CCC[C@H]3CCCC[C@H]32)n1. The van der Waals surface area contributed by atoms with Gasteiger partial charge in [-0.2, -0.15) is 4.98 Å². The van der Waals surface area contributed by atoms with Crippen LogP contribution in [0.5, 0.6) is 0 Å². The minimum absolute atomic E-state index is 0.715. The number of rotatable bonds is 2. The molecule has 0 radical (unpaired) electrons. The summed E-state index contributed by atoms with van der Waals surface area (Å²) in [5, 5.41) is 3.03. The third-order valence-electron chi connectivity index (χ3n) is 4.40. The van der Waals surface area contributed by atoms with Crippen molar-refractivity contribution in [3.05, 3.63) is 12.3 Å². The summed E-state index contributed by atoms with van der Waals surface area (Å²) in [6, 6.07) is 2.77. The Balaban J connectivity index is 1.84. The molecule has 18 heavy (non-hydrogen) atoms. The summed E-state index contributed by atoms with van der Waals surface area (Å²) < 4.78 is 0. The molecule has 0 unspecified atom stereocenters. The van der Waals surface area contributed by atoms with E-state index < -0.39 is 0 Å². The highest BCUT2D eigenvalue weighted by atomic mass is 15.2. The molecule has 98 valence electrons. The van der Waals surface area contributed by atoms with E-state index in [0.717, 1.165) is 24.2 Å². The lowest BCUT2D eigenvalue weighted by Gasteiger charge is -2.44. The molecular formula is C14H22N4. The normalized spacial score (nSPS) is 27.7. The van der Waals surface area contributed by atoms with Gasteiger partial charge in [-0.3, -0.25) is 0 Å². The third kappa shape index (κ3) is 2.16. The maximum atomic E-state index is 4.61. The predicted molar refractivity (Wildman–Crippen MR) is 73.9 cm³/mol. The molecule has 0 spiro atoms. The van der Waals surface area contributed by atoms with Gasteiger partial charge in [-0.25, -0.2) is 4.98 Å². The molecule has 2 atom stereocenters. The highest BCUT2D eigenvalue weighted by molar-refractivity contribution is 5.44. The van der Waals surface area contributed by atoms with E-state index in [2.05, 4.69) is 26.3 Å². The first-order chi connectivity index (χ1) is 8.88. The van der Waals surface area contributed by atoms with Gasteiger partial charge >= 0.3 is 0 Å². The van der Waals surface area contributed by atoms with Crippen LogP contribution in [0.3, 0.4) is 0 Å². The van der Waals surface area contributed by atoms with Gasteiger partial charge in [-0.1, -0.05) is 12.8 Å². The first kappa shape index (κ1) is 11.8. The van der Waals surface area contributed by atoms with Gasteiger partial charge in [0, 0.05) is 25.8 Å². The maximum absolute atomic E-state index is 4.61. The Morgan fingerprint density at radius 2 is 2.06 bits per heavy atom. The summed E-state index contributed by atoms with van der Waals surface area (Å²) in [5.41, 5.74) is 0. The van der Waals surface area contributed by atoms with Gasteiger partial charge in [-0.05, 0) is 37.7 Å². The van der Waals surface area contributed by atoms with Crippen molar-refractivity contribution in [2.45, 2.75) is 44.6 Å². The average molecular weight is 246 g/mol. The Morgan fingerprint density at radius 1 is 1.22 bits per heavy atom. The molecule has 2 heterocycles. The molecular weight excluding hydrogens is 224 g/mol. The summed E-state index contributed by atoms with van der Waals surface area (Å²) in [6.45, 7) is 1.15. The van der Waals surface area contributed by atoms with Crippen LogP contribution in [-0.4, -0.2) is 29.6 Å². The smallest absolute Gasteiger partial charge is 0.224 e. The molecule has 1 aromatic rings. The van der Waals surface area contributed by atoms with Crippen LogP contribution in [0.15, 0.2) is 12.3 Å². The zero-order valence-electron chi connectivity index (χ0n) is 11.1. The Hall–Kier alpha value is -1.32. The Bertz CT molecular complexity index is 405. The molecule has 1 saturated heterocycles. The molecule has 1 aromatic heterocycles. The lowest BCUT2D eigenvalue weighted by molar-refractivity contribution is 0.243. The van der Waals surface area contributed by atoms with Gasteiger partial charge in [-0.15, -0.1) is 0 Å². The van der Waals surface area contributed by atoms with Crippen molar-refractivity contribution in [2.24, 2.45) is 5.92 Å². The Labute approximate surface area is 109 Å². The van der Waals surface area contributed by atoms with Crippen molar-refractivity contribution in [1.29, 1.82) is 0 Å². The average Bonchev–Trinajstić information content (AvgIpc) is 2.47. The van der Waals surface area contributed by atoms with Crippen LogP contribution in [0.2, 0.25) is 0 Å². The summed E-state index contributed by atoms with van der Waals surface area (Å²) in [7, 11) is 1.87. The minimum atomic E-state index is 0.715. The summed E-state index contributed by atoms with van der Waals surface area (Å²) >= 11 is 0. The summed E-state index contributed by atoms with van der Waals surface area (Å²) in [4.78, 5) is 11.3. The van der Waals surface area contributed by atoms with Gasteiger partial charge in [0.15, 0.2) is 0 Å². The van der Waals surface area contributed by atoms with E-state index >= 15 is 0 Å². The third-order valence-corrected chi connectivity index (χ3v) is 4.40. The Kier molecular flexibility index (Phi) is 3.35. The highest BCUT2D eigenvalue weighted by Crippen LogP contribution is 2.37. The highest BCUT2D eigenvalue weighted by Gasteiger charge is 2.33. The number of aromatic nitrogens is 2. The number of piperidine rings is 1. The van der Waals surface area contributed by atoms with E-state index in [1.807, 2.05) is 13.2 Å². The summed E-state index contributed by atoms with van der Waals surface area (Å²) in [6.07, 6.45) is 10.1. The molecule has 3 rings (SSSR count). The van der Waals surface area contributed by atoms with Crippen molar-refractivity contribution in [3.8, 4) is 0 Å². The summed E-state index contributed by atoms with van der Waals surface area (Å²) in [5.74, 6) is 2.72. The standard InChI is InChI=1S/C14H22N4/c1-15-14-16-9-8-13(17-14)18-10-4-6-11-5-2-3-7-12(11)18/h8-9,11-12H,2-7,10H2,1H3,(H,15,16,17)/t11-,12-/m1/s1. The van der Waals surface area contributed by atoms with Crippen LogP contribution in [0.25, 0.3) is 0 Å². The predicted octanol–water partition coefficient (Wildman–Crippen LogP) is 2.68. The molecule has 1 aliphatic carbocycles.